The van der Waals surface area contributed by atoms with Gasteiger partial charge in [-0.25, -0.2) is 9.97 Å². The molecule has 9 rings (SSSR count). The van der Waals surface area contributed by atoms with Crippen LogP contribution in [0.1, 0.15) is 5.56 Å². The molecule has 0 fully saturated rings. The Morgan fingerprint density at radius 3 is 1.33 bits per heavy atom. The minimum Gasteiger partial charge on any atom is -0.309 e. The van der Waals surface area contributed by atoms with E-state index in [1.54, 1.807) is 0 Å². The van der Waals surface area contributed by atoms with Crippen molar-refractivity contribution in [3.05, 3.63) is 188 Å². The first kappa shape index (κ1) is 30.0. The van der Waals surface area contributed by atoms with E-state index in [9.17, 15) is 5.26 Å². The second kappa shape index (κ2) is 12.7. The number of aromatic nitrogens is 3. The van der Waals surface area contributed by atoms with E-state index in [-0.39, 0.29) is 0 Å². The molecule has 0 saturated carbocycles. The normalized spacial score (nSPS) is 11.1. The molecule has 4 heteroatoms. The Bertz CT molecular complexity index is 2610. The topological polar surface area (TPSA) is 54.5 Å². The molecular weight excluding hydrogens is 621 g/mol. The van der Waals surface area contributed by atoms with E-state index in [2.05, 4.69) is 120 Å². The van der Waals surface area contributed by atoms with Crippen molar-refractivity contribution in [1.82, 2.24) is 14.5 Å². The molecule has 9 aromatic rings. The lowest BCUT2D eigenvalue weighted by molar-refractivity contribution is 1.15. The predicted octanol–water partition coefficient (Wildman–Crippen LogP) is 11.8. The maximum atomic E-state index is 10.7. The summed E-state index contributed by atoms with van der Waals surface area (Å²) in [5, 5.41) is 13.1. The van der Waals surface area contributed by atoms with Gasteiger partial charge in [0.15, 0.2) is 5.82 Å². The lowest BCUT2D eigenvalue weighted by Gasteiger charge is -2.22. The summed E-state index contributed by atoms with van der Waals surface area (Å²) in [6, 6.07) is 64.9. The molecule has 238 valence electrons. The van der Waals surface area contributed by atoms with E-state index in [4.69, 9.17) is 9.97 Å². The van der Waals surface area contributed by atoms with E-state index >= 15 is 0 Å². The van der Waals surface area contributed by atoms with E-state index in [1.165, 1.54) is 10.8 Å². The number of nitriles is 1. The lowest BCUT2D eigenvalue weighted by Crippen LogP contribution is -2.05. The monoisotopic (exact) mass is 650 g/mol. The van der Waals surface area contributed by atoms with Crippen molar-refractivity contribution in [2.24, 2.45) is 0 Å². The molecule has 0 aliphatic carbocycles. The summed E-state index contributed by atoms with van der Waals surface area (Å²) in [6.07, 6.45) is 0. The van der Waals surface area contributed by atoms with Crippen LogP contribution in [0.3, 0.4) is 0 Å². The standard InChI is InChI=1S/C47H30N4/c48-31-39-45(34-21-9-3-10-22-34)49-47(50-46(39)35-23-11-4-12-24-35)44-36(32-17-5-1-6-18-32)29-30-42(43(44)33-19-7-2-8-20-33)51-40-27-15-13-25-37(40)38-26-14-16-28-41(38)51/h1-30H. The average molecular weight is 651 g/mol. The molecule has 0 N–H and O–H groups in total. The maximum absolute atomic E-state index is 10.7. The zero-order valence-corrected chi connectivity index (χ0v) is 27.6. The van der Waals surface area contributed by atoms with Crippen LogP contribution in [0.15, 0.2) is 182 Å². The minimum atomic E-state index is 0.442. The molecule has 0 amide bonds. The van der Waals surface area contributed by atoms with Crippen molar-refractivity contribution in [2.45, 2.75) is 0 Å². The van der Waals surface area contributed by atoms with Gasteiger partial charge >= 0.3 is 0 Å². The number of para-hydroxylation sites is 2. The highest BCUT2D eigenvalue weighted by Crippen LogP contribution is 2.46. The summed E-state index contributed by atoms with van der Waals surface area (Å²) in [5.74, 6) is 0.548. The Morgan fingerprint density at radius 1 is 0.412 bits per heavy atom. The van der Waals surface area contributed by atoms with Crippen LogP contribution in [0, 0.1) is 11.3 Å². The number of nitrogens with zero attached hydrogens (tertiary/aromatic N) is 4. The fraction of sp³-hybridized carbons (Fsp3) is 0. The minimum absolute atomic E-state index is 0.442. The van der Waals surface area contributed by atoms with Crippen molar-refractivity contribution in [1.29, 1.82) is 5.26 Å². The van der Waals surface area contributed by atoms with Crippen LogP contribution in [0.4, 0.5) is 0 Å². The van der Waals surface area contributed by atoms with Crippen molar-refractivity contribution >= 4 is 21.8 Å². The van der Waals surface area contributed by atoms with E-state index < -0.39 is 0 Å². The van der Waals surface area contributed by atoms with Crippen LogP contribution >= 0.6 is 0 Å². The highest BCUT2D eigenvalue weighted by atomic mass is 15.0. The second-order valence-corrected chi connectivity index (χ2v) is 12.4. The molecule has 0 radical (unpaired) electrons. The van der Waals surface area contributed by atoms with Gasteiger partial charge in [-0.3, -0.25) is 0 Å². The third kappa shape index (κ3) is 5.17. The summed E-state index contributed by atoms with van der Waals surface area (Å²) in [7, 11) is 0. The Labute approximate surface area is 296 Å². The van der Waals surface area contributed by atoms with Crippen LogP contribution in [-0.2, 0) is 0 Å². The van der Waals surface area contributed by atoms with Gasteiger partial charge in [-0.15, -0.1) is 0 Å². The van der Waals surface area contributed by atoms with Gasteiger partial charge in [-0.05, 0) is 34.9 Å². The van der Waals surface area contributed by atoms with Gasteiger partial charge in [-0.1, -0.05) is 164 Å². The molecule has 2 heterocycles. The first-order valence-corrected chi connectivity index (χ1v) is 17.0. The molecule has 51 heavy (non-hydrogen) atoms. The maximum Gasteiger partial charge on any atom is 0.161 e. The van der Waals surface area contributed by atoms with Crippen molar-refractivity contribution < 1.29 is 0 Å². The number of fused-ring (bicyclic) bond motifs is 3. The molecular formula is C47H30N4. The van der Waals surface area contributed by atoms with Crippen molar-refractivity contribution in [2.75, 3.05) is 0 Å². The molecule has 0 aliphatic heterocycles. The van der Waals surface area contributed by atoms with Crippen molar-refractivity contribution in [3.8, 4) is 67.9 Å². The largest absolute Gasteiger partial charge is 0.309 e. The highest BCUT2D eigenvalue weighted by molar-refractivity contribution is 6.10. The second-order valence-electron chi connectivity index (χ2n) is 12.4. The Kier molecular flexibility index (Phi) is 7.50. The van der Waals surface area contributed by atoms with Gasteiger partial charge in [0.05, 0.1) is 28.1 Å². The SMILES string of the molecule is N#Cc1c(-c2ccccc2)nc(-c2c(-c3ccccc3)ccc(-n3c4ccccc4c4ccccc43)c2-c2ccccc2)nc1-c1ccccc1. The fourth-order valence-corrected chi connectivity index (χ4v) is 7.24. The van der Waals surface area contributed by atoms with Gasteiger partial charge in [0.1, 0.15) is 11.6 Å². The van der Waals surface area contributed by atoms with Gasteiger partial charge in [0, 0.05) is 33.0 Å². The van der Waals surface area contributed by atoms with E-state index in [0.29, 0.717) is 22.8 Å². The lowest BCUT2D eigenvalue weighted by atomic mass is 9.89. The first-order chi connectivity index (χ1) is 25.3. The van der Waals surface area contributed by atoms with Gasteiger partial charge < -0.3 is 4.57 Å². The Hall–Kier alpha value is -7.09. The third-order valence-electron chi connectivity index (χ3n) is 9.49. The van der Waals surface area contributed by atoms with Crippen LogP contribution in [0.25, 0.3) is 83.6 Å². The molecule has 0 aliphatic rings. The predicted molar refractivity (Wildman–Crippen MR) is 208 cm³/mol. The van der Waals surface area contributed by atoms with E-state index in [0.717, 1.165) is 55.7 Å². The van der Waals surface area contributed by atoms with Gasteiger partial charge in [0.2, 0.25) is 0 Å². The summed E-state index contributed by atoms with van der Waals surface area (Å²) >= 11 is 0. The van der Waals surface area contributed by atoms with Crippen LogP contribution < -0.4 is 0 Å². The summed E-state index contributed by atoms with van der Waals surface area (Å²) < 4.78 is 2.37. The quantitative estimate of drug-likeness (QED) is 0.180. The smallest absolute Gasteiger partial charge is 0.161 e. The number of hydrogen-bond acceptors (Lipinski definition) is 3. The Balaban J connectivity index is 1.48. The zero-order valence-electron chi connectivity index (χ0n) is 27.6. The fourth-order valence-electron chi connectivity index (χ4n) is 7.24. The molecule has 0 unspecified atom stereocenters. The summed E-state index contributed by atoms with van der Waals surface area (Å²) in [5.41, 5.74) is 11.6. The van der Waals surface area contributed by atoms with Crippen LogP contribution in [0.2, 0.25) is 0 Å². The molecule has 0 saturated heterocycles. The van der Waals surface area contributed by atoms with Crippen LogP contribution in [-0.4, -0.2) is 14.5 Å². The molecule has 0 bridgehead atoms. The molecule has 7 aromatic carbocycles. The first-order valence-electron chi connectivity index (χ1n) is 17.0. The van der Waals surface area contributed by atoms with Gasteiger partial charge in [-0.2, -0.15) is 5.26 Å². The van der Waals surface area contributed by atoms with Gasteiger partial charge in [0.25, 0.3) is 0 Å². The average Bonchev–Trinajstić information content (AvgIpc) is 3.55. The van der Waals surface area contributed by atoms with Crippen LogP contribution in [0.5, 0.6) is 0 Å². The summed E-state index contributed by atoms with van der Waals surface area (Å²) in [4.78, 5) is 10.7. The third-order valence-corrected chi connectivity index (χ3v) is 9.49. The molecule has 0 spiro atoms. The zero-order chi connectivity index (χ0) is 34.1. The van der Waals surface area contributed by atoms with Crippen molar-refractivity contribution in [3.63, 3.8) is 0 Å². The molecule has 0 atom stereocenters. The number of rotatable bonds is 6. The van der Waals surface area contributed by atoms with E-state index in [1.807, 2.05) is 72.8 Å². The summed E-state index contributed by atoms with van der Waals surface area (Å²) in [6.45, 7) is 0. The molecule has 2 aromatic heterocycles. The highest BCUT2D eigenvalue weighted by Gasteiger charge is 2.26. The molecule has 4 nitrogen and oxygen atoms in total. The number of hydrogen-bond donors (Lipinski definition) is 0. The number of benzene rings is 7. The Morgan fingerprint density at radius 2 is 0.843 bits per heavy atom.